The smallest absolute Gasteiger partial charge is 0.382 e. The van der Waals surface area contributed by atoms with Crippen molar-refractivity contribution in [3.63, 3.8) is 0 Å². The molecule has 3 aliphatic rings. The average molecular weight is 954 g/mol. The molecule has 1 aromatic carbocycles. The number of nitrogen functional groups attached to an aromatic ring is 1. The molecule has 0 radical (unpaired) electrons. The Morgan fingerprint density at radius 1 is 0.906 bits per heavy atom. The van der Waals surface area contributed by atoms with Gasteiger partial charge in [0.1, 0.15) is 36.3 Å². The number of hydrogen-bond acceptors (Lipinski definition) is 19. The summed E-state index contributed by atoms with van der Waals surface area (Å²) < 4.78 is 98.3. The second-order valence-electron chi connectivity index (χ2n) is 15.5. The van der Waals surface area contributed by atoms with Gasteiger partial charge < -0.3 is 36.1 Å². The summed E-state index contributed by atoms with van der Waals surface area (Å²) >= 11 is 0.635. The number of aromatic amines is 1. The van der Waals surface area contributed by atoms with E-state index in [1.54, 1.807) is 45.0 Å². The number of anilines is 1. The number of Topliss-reactive ketones (excluding diaryl/α,β-unsaturated/α-hetero) is 1. The average Bonchev–Trinajstić information content (AvgIpc) is 4.03. The van der Waals surface area contributed by atoms with Crippen molar-refractivity contribution in [1.82, 2.24) is 44.4 Å². The van der Waals surface area contributed by atoms with Gasteiger partial charge in [0, 0.05) is 12.2 Å². The Kier molecular flexibility index (Phi) is 13.2. The Morgan fingerprint density at radius 2 is 1.50 bits per heavy atom. The van der Waals surface area contributed by atoms with Crippen molar-refractivity contribution in [3.05, 3.63) is 71.1 Å². The van der Waals surface area contributed by atoms with Gasteiger partial charge in [-0.25, -0.2) is 42.8 Å². The SMILES string of the molecule is CC(C)[C@H](N)C(=O)N[C@@H](C)C(=O)Cc1ccc(CSP2(=O)OC[C@H]3O[C@@H](n4cnc5c(N)ncnc54)[C@H](F)[C@@H]3OP(=O)(O)OC[C@H]3O[C@@H](n4cnc5c(=O)[nH]cnc54)[C@H](F)[C@@H]3O2)cc1. The number of phosphoric ester groups is 1. The Morgan fingerprint density at radius 3 is 2.16 bits per heavy atom. The molecule has 344 valence electrons. The fourth-order valence-electron chi connectivity index (χ4n) is 7.18. The summed E-state index contributed by atoms with van der Waals surface area (Å²) in [4.78, 5) is 71.2. The molecule has 12 atom stereocenters. The van der Waals surface area contributed by atoms with E-state index in [0.717, 1.165) is 23.5 Å². The quantitative estimate of drug-likeness (QED) is 0.119. The molecule has 1 amide bonds. The van der Waals surface area contributed by atoms with E-state index < -0.39 is 101 Å². The van der Waals surface area contributed by atoms with Crippen LogP contribution in [-0.4, -0.2) is 118 Å². The topological polar surface area (TPSA) is 315 Å². The van der Waals surface area contributed by atoms with E-state index in [0.29, 0.717) is 22.5 Å². The molecular weight excluding hydrogens is 910 g/mol. The molecule has 64 heavy (non-hydrogen) atoms. The molecule has 0 bridgehead atoms. The van der Waals surface area contributed by atoms with Gasteiger partial charge in [-0.05, 0) is 35.4 Å². The second kappa shape index (κ2) is 18.4. The van der Waals surface area contributed by atoms with Gasteiger partial charge in [-0.3, -0.25) is 41.6 Å². The molecule has 2 unspecified atom stereocenters. The van der Waals surface area contributed by atoms with Gasteiger partial charge in [0.05, 0.1) is 44.3 Å². The molecule has 3 aliphatic heterocycles. The number of alkyl halides is 2. The minimum Gasteiger partial charge on any atom is -0.382 e. The molecule has 0 saturated carbocycles. The maximum absolute atomic E-state index is 16.7. The van der Waals surface area contributed by atoms with Gasteiger partial charge in [0.25, 0.3) is 5.56 Å². The minimum atomic E-state index is -5.22. The summed E-state index contributed by atoms with van der Waals surface area (Å²) in [5.41, 5.74) is 12.3. The Balaban J connectivity index is 1.05. The van der Waals surface area contributed by atoms with Crippen molar-refractivity contribution in [1.29, 1.82) is 0 Å². The van der Waals surface area contributed by atoms with Crippen LogP contribution in [0.25, 0.3) is 22.3 Å². The molecule has 3 fully saturated rings. The number of ketones is 1. The zero-order valence-electron chi connectivity index (χ0n) is 34.1. The highest BCUT2D eigenvalue weighted by molar-refractivity contribution is 8.54. The highest BCUT2D eigenvalue weighted by Crippen LogP contribution is 2.65. The third-order valence-electron chi connectivity index (χ3n) is 10.8. The van der Waals surface area contributed by atoms with Crippen LogP contribution in [0.1, 0.15) is 44.4 Å². The first-order valence-electron chi connectivity index (χ1n) is 19.7. The lowest BCUT2D eigenvalue weighted by molar-refractivity contribution is -0.128. The van der Waals surface area contributed by atoms with E-state index in [2.05, 4.69) is 35.2 Å². The number of ether oxygens (including phenoxy) is 2. The number of H-pyrrole nitrogens is 1. The van der Waals surface area contributed by atoms with E-state index in [1.165, 1.54) is 10.9 Å². The van der Waals surface area contributed by atoms with Crippen LogP contribution in [0.3, 0.4) is 0 Å². The molecule has 7 N–H and O–H groups in total. The summed E-state index contributed by atoms with van der Waals surface area (Å²) in [6, 6.07) is 5.06. The number of aromatic nitrogens is 8. The third-order valence-corrected chi connectivity index (χ3v) is 15.4. The summed E-state index contributed by atoms with van der Waals surface area (Å²) in [6.45, 7) is -1.15. The number of amides is 1. The summed E-state index contributed by atoms with van der Waals surface area (Å²) in [6.07, 6.45) is -10.1. The van der Waals surface area contributed by atoms with Crippen LogP contribution in [0.15, 0.2) is 54.4 Å². The van der Waals surface area contributed by atoms with Crippen LogP contribution >= 0.6 is 26.0 Å². The van der Waals surface area contributed by atoms with Gasteiger partial charge in [0.15, 0.2) is 53.2 Å². The highest BCUT2D eigenvalue weighted by atomic mass is 32.7. The van der Waals surface area contributed by atoms with Crippen molar-refractivity contribution >= 4 is 65.8 Å². The number of nitrogens with zero attached hydrogens (tertiary/aromatic N) is 7. The zero-order chi connectivity index (χ0) is 45.7. The van der Waals surface area contributed by atoms with Crippen LogP contribution in [0.5, 0.6) is 0 Å². The first-order valence-corrected chi connectivity index (χ1v) is 24.4. The molecule has 5 aromatic rings. The number of carbonyl (C=O) groups is 2. The number of nitrogens with two attached hydrogens (primary N) is 2. The normalized spacial score (nSPS) is 30.9. The summed E-state index contributed by atoms with van der Waals surface area (Å²) in [7, 11) is -5.22. The number of phosphoric acid groups is 1. The van der Waals surface area contributed by atoms with Crippen LogP contribution in [0, 0.1) is 5.92 Å². The summed E-state index contributed by atoms with van der Waals surface area (Å²) in [5.74, 6) is -0.917. The van der Waals surface area contributed by atoms with Gasteiger partial charge in [-0.2, -0.15) is 0 Å². The fraction of sp³-hybridized carbons (Fsp3) is 0.500. The molecule has 4 aromatic heterocycles. The minimum absolute atomic E-state index is 0.00947. The van der Waals surface area contributed by atoms with Crippen LogP contribution < -0.4 is 22.3 Å². The van der Waals surface area contributed by atoms with Crippen molar-refractivity contribution in [2.24, 2.45) is 11.7 Å². The Labute approximate surface area is 365 Å². The second-order valence-corrected chi connectivity index (χ2v) is 21.0. The standard InChI is InChI=1S/C36H43F2N11O12P2S/c1-16(2)25(39)33(51)47-17(3)20(50)8-18-4-6-19(7-5-18)11-64-63(55)57-10-22-28(23(37)35(59-22)48-14-45-26-30(40)41-12-42-31(26)48)60-62(53,54)56-9-21-29(61-63)24(38)36(58-21)49-15-46-27-32(49)43-13-44-34(27)52/h4-7,12-17,21-25,28-29,35-36H,8-11,39H2,1-3H3,(H,47,51)(H,53,54)(H2,40,41,42)(H,43,44,52)/t17-,21+,22+,23+,24+,25-,28+,29+,35+,36+,63?/m0/s1. The van der Waals surface area contributed by atoms with E-state index in [4.69, 9.17) is 39.0 Å². The van der Waals surface area contributed by atoms with Crippen LogP contribution in [-0.2, 0) is 58.5 Å². The monoisotopic (exact) mass is 953 g/mol. The van der Waals surface area contributed by atoms with Gasteiger partial charge in [-0.1, -0.05) is 38.1 Å². The lowest BCUT2D eigenvalue weighted by Crippen LogP contribution is -2.49. The molecule has 3 saturated heterocycles. The van der Waals surface area contributed by atoms with E-state index >= 15 is 8.78 Å². The number of carbonyl (C=O) groups excluding carboxylic acids is 2. The number of nitrogens with one attached hydrogen (secondary N) is 2. The maximum atomic E-state index is 16.7. The molecule has 8 rings (SSSR count). The predicted octanol–water partition coefficient (Wildman–Crippen LogP) is 2.57. The first kappa shape index (κ1) is 46.0. The number of benzene rings is 1. The Bertz CT molecular complexity index is 2700. The first-order chi connectivity index (χ1) is 30.4. The van der Waals surface area contributed by atoms with Crippen molar-refractivity contribution in [3.8, 4) is 0 Å². The molecule has 23 nitrogen and oxygen atoms in total. The molecule has 0 spiro atoms. The number of hydrogen-bond donors (Lipinski definition) is 5. The van der Waals surface area contributed by atoms with Crippen molar-refractivity contribution in [2.75, 3.05) is 18.9 Å². The van der Waals surface area contributed by atoms with E-state index in [-0.39, 0.29) is 52.0 Å². The van der Waals surface area contributed by atoms with E-state index in [9.17, 15) is 28.4 Å². The van der Waals surface area contributed by atoms with Gasteiger partial charge >= 0.3 is 14.6 Å². The van der Waals surface area contributed by atoms with Crippen molar-refractivity contribution in [2.45, 2.75) is 94.2 Å². The maximum Gasteiger partial charge on any atom is 0.472 e. The van der Waals surface area contributed by atoms with Gasteiger partial charge in [-0.15, -0.1) is 0 Å². The molecule has 7 heterocycles. The number of imidazole rings is 2. The van der Waals surface area contributed by atoms with Gasteiger partial charge in [0.2, 0.25) is 5.91 Å². The number of halogens is 2. The third kappa shape index (κ3) is 9.40. The van der Waals surface area contributed by atoms with Crippen molar-refractivity contribution < 1.29 is 60.0 Å². The molecule has 0 aliphatic carbocycles. The lowest BCUT2D eigenvalue weighted by Gasteiger charge is -2.29. The largest absolute Gasteiger partial charge is 0.472 e. The molecule has 28 heteroatoms. The summed E-state index contributed by atoms with van der Waals surface area (Å²) in [5, 5.41) is 2.64. The lowest BCUT2D eigenvalue weighted by atomic mass is 10.0. The molecular formula is C36H43F2N11O12P2S. The zero-order valence-corrected chi connectivity index (χ0v) is 36.7. The van der Waals surface area contributed by atoms with Crippen LogP contribution in [0.4, 0.5) is 14.6 Å². The Hall–Kier alpha value is -4.59. The fourth-order valence-corrected chi connectivity index (χ4v) is 11.5. The number of rotatable bonds is 11. The predicted molar refractivity (Wildman–Crippen MR) is 221 cm³/mol. The number of fused-ring (bicyclic) bond motifs is 4. The van der Waals surface area contributed by atoms with E-state index in [1.807, 2.05) is 0 Å². The highest BCUT2D eigenvalue weighted by Gasteiger charge is 2.55. The van der Waals surface area contributed by atoms with Crippen LogP contribution in [0.2, 0.25) is 0 Å².